The molecule has 2 nitrogen and oxygen atoms in total. The summed E-state index contributed by atoms with van der Waals surface area (Å²) >= 11 is 7.59. The van der Waals surface area contributed by atoms with E-state index in [1.54, 1.807) is 18.4 Å². The highest BCUT2D eigenvalue weighted by atomic mass is 35.5. The minimum Gasteiger partial charge on any atom is -0.383 e. The van der Waals surface area contributed by atoms with Gasteiger partial charge in [-0.1, -0.05) is 11.6 Å². The lowest BCUT2D eigenvalue weighted by Gasteiger charge is -2.21. The van der Waals surface area contributed by atoms with Crippen LogP contribution in [-0.4, -0.2) is 19.8 Å². The highest BCUT2D eigenvalue weighted by Crippen LogP contribution is 2.34. The molecule has 1 aromatic heterocycles. The summed E-state index contributed by atoms with van der Waals surface area (Å²) in [6.45, 7) is 2.99. The van der Waals surface area contributed by atoms with Gasteiger partial charge in [-0.05, 0) is 37.8 Å². The maximum atomic E-state index is 5.94. The number of hydrogen-bond acceptors (Lipinski definition) is 3. The lowest BCUT2D eigenvalue weighted by Crippen LogP contribution is -2.36. The molecule has 0 aliphatic heterocycles. The summed E-state index contributed by atoms with van der Waals surface area (Å²) in [5.74, 6) is 0.804. The van der Waals surface area contributed by atoms with E-state index in [1.165, 1.54) is 17.7 Å². The molecule has 1 fully saturated rings. The first-order valence-electron chi connectivity index (χ1n) is 5.71. The van der Waals surface area contributed by atoms with E-state index in [2.05, 4.69) is 18.3 Å². The molecule has 2 unspecified atom stereocenters. The summed E-state index contributed by atoms with van der Waals surface area (Å²) in [4.78, 5) is 1.30. The molecule has 16 heavy (non-hydrogen) atoms. The molecular weight excluding hydrogens is 242 g/mol. The first kappa shape index (κ1) is 12.4. The van der Waals surface area contributed by atoms with Crippen LogP contribution >= 0.6 is 22.9 Å². The SMILES string of the molecule is COCC(NC(C)c1ccc(Cl)s1)C1CC1. The third kappa shape index (κ3) is 3.20. The Morgan fingerprint density at radius 3 is 2.81 bits per heavy atom. The molecular formula is C12H18ClNOS. The number of ether oxygens (including phenoxy) is 1. The van der Waals surface area contributed by atoms with Crippen LogP contribution in [0, 0.1) is 5.92 Å². The number of nitrogens with one attached hydrogen (secondary N) is 1. The predicted molar refractivity (Wildman–Crippen MR) is 69.3 cm³/mol. The highest BCUT2D eigenvalue weighted by Gasteiger charge is 2.32. The number of methoxy groups -OCH3 is 1. The van der Waals surface area contributed by atoms with Crippen LogP contribution < -0.4 is 5.32 Å². The summed E-state index contributed by atoms with van der Waals surface area (Å²) in [7, 11) is 1.77. The topological polar surface area (TPSA) is 21.3 Å². The van der Waals surface area contributed by atoms with E-state index in [-0.39, 0.29) is 0 Å². The molecule has 1 aromatic rings. The van der Waals surface area contributed by atoms with E-state index in [1.807, 2.05) is 6.07 Å². The maximum absolute atomic E-state index is 5.94. The lowest BCUT2D eigenvalue weighted by atomic mass is 10.1. The van der Waals surface area contributed by atoms with Gasteiger partial charge in [0.15, 0.2) is 0 Å². The van der Waals surface area contributed by atoms with Crippen LogP contribution in [0.2, 0.25) is 4.34 Å². The molecule has 4 heteroatoms. The predicted octanol–water partition coefficient (Wildman–Crippen LogP) is 3.48. The first-order valence-corrected chi connectivity index (χ1v) is 6.90. The number of rotatable bonds is 6. The van der Waals surface area contributed by atoms with Crippen molar-refractivity contribution in [3.8, 4) is 0 Å². The molecule has 2 atom stereocenters. The molecule has 0 saturated heterocycles. The standard InChI is InChI=1S/C12H18ClNOS/c1-8(11-5-6-12(13)16-11)14-10(7-15-2)9-3-4-9/h5-6,8-10,14H,3-4,7H2,1-2H3. The van der Waals surface area contributed by atoms with Crippen LogP contribution in [0.1, 0.15) is 30.7 Å². The summed E-state index contributed by atoms with van der Waals surface area (Å²) in [6, 6.07) is 4.91. The summed E-state index contributed by atoms with van der Waals surface area (Å²) in [6.07, 6.45) is 2.66. The van der Waals surface area contributed by atoms with Crippen molar-refractivity contribution >= 4 is 22.9 Å². The van der Waals surface area contributed by atoms with Gasteiger partial charge in [-0.2, -0.15) is 0 Å². The van der Waals surface area contributed by atoms with Gasteiger partial charge in [-0.3, -0.25) is 0 Å². The molecule has 1 saturated carbocycles. The average Bonchev–Trinajstić information content (AvgIpc) is 3.00. The van der Waals surface area contributed by atoms with Crippen LogP contribution in [0.3, 0.4) is 0 Å². The van der Waals surface area contributed by atoms with Crippen LogP contribution in [-0.2, 0) is 4.74 Å². The average molecular weight is 260 g/mol. The molecule has 0 amide bonds. The van der Waals surface area contributed by atoms with Gasteiger partial charge in [0.1, 0.15) is 0 Å². The smallest absolute Gasteiger partial charge is 0.0931 e. The Balaban J connectivity index is 1.91. The Hall–Kier alpha value is -0.0900. The number of hydrogen-bond donors (Lipinski definition) is 1. The van der Waals surface area contributed by atoms with E-state index in [9.17, 15) is 0 Å². The van der Waals surface area contributed by atoms with Crippen molar-refractivity contribution in [3.63, 3.8) is 0 Å². The maximum Gasteiger partial charge on any atom is 0.0931 e. The molecule has 0 aromatic carbocycles. The van der Waals surface area contributed by atoms with Gasteiger partial charge in [0.2, 0.25) is 0 Å². The zero-order chi connectivity index (χ0) is 11.5. The van der Waals surface area contributed by atoms with Crippen LogP contribution in [0.5, 0.6) is 0 Å². The van der Waals surface area contributed by atoms with Crippen molar-refractivity contribution in [1.29, 1.82) is 0 Å². The Kier molecular flexibility index (Phi) is 4.25. The highest BCUT2D eigenvalue weighted by molar-refractivity contribution is 7.16. The fourth-order valence-electron chi connectivity index (χ4n) is 1.96. The van der Waals surface area contributed by atoms with Crippen molar-refractivity contribution in [2.75, 3.05) is 13.7 Å². The summed E-state index contributed by atoms with van der Waals surface area (Å²) in [5, 5.41) is 3.64. The Morgan fingerprint density at radius 2 is 2.31 bits per heavy atom. The van der Waals surface area contributed by atoms with Gasteiger partial charge >= 0.3 is 0 Å². The quantitative estimate of drug-likeness (QED) is 0.845. The van der Waals surface area contributed by atoms with E-state index in [0.29, 0.717) is 12.1 Å². The van der Waals surface area contributed by atoms with Gasteiger partial charge in [-0.25, -0.2) is 0 Å². The zero-order valence-corrected chi connectivity index (χ0v) is 11.3. The van der Waals surface area contributed by atoms with Crippen molar-refractivity contribution < 1.29 is 4.74 Å². The number of halogens is 1. The van der Waals surface area contributed by atoms with Gasteiger partial charge < -0.3 is 10.1 Å². The molecule has 1 heterocycles. The van der Waals surface area contributed by atoms with Crippen LogP contribution in [0.15, 0.2) is 12.1 Å². The normalized spacial score (nSPS) is 19.7. The molecule has 0 radical (unpaired) electrons. The minimum atomic E-state index is 0.359. The second-order valence-corrected chi connectivity index (χ2v) is 6.18. The zero-order valence-electron chi connectivity index (χ0n) is 9.70. The molecule has 1 aliphatic rings. The molecule has 1 aliphatic carbocycles. The number of thiophene rings is 1. The Bertz CT molecular complexity index is 338. The third-order valence-corrected chi connectivity index (χ3v) is 4.44. The van der Waals surface area contributed by atoms with E-state index in [4.69, 9.17) is 16.3 Å². The molecule has 1 N–H and O–H groups in total. The Morgan fingerprint density at radius 1 is 1.56 bits per heavy atom. The van der Waals surface area contributed by atoms with Crippen LogP contribution in [0.4, 0.5) is 0 Å². The van der Waals surface area contributed by atoms with E-state index in [0.717, 1.165) is 16.9 Å². The second-order valence-electron chi connectivity index (χ2n) is 4.43. The van der Waals surface area contributed by atoms with Gasteiger partial charge in [0.05, 0.1) is 10.9 Å². The third-order valence-electron chi connectivity index (χ3n) is 3.02. The molecule has 2 rings (SSSR count). The monoisotopic (exact) mass is 259 g/mol. The second kappa shape index (κ2) is 5.50. The fourth-order valence-corrected chi connectivity index (χ4v) is 3.04. The van der Waals surface area contributed by atoms with Crippen molar-refractivity contribution in [2.45, 2.75) is 31.8 Å². The van der Waals surface area contributed by atoms with E-state index < -0.39 is 0 Å². The minimum absolute atomic E-state index is 0.359. The van der Waals surface area contributed by atoms with Crippen molar-refractivity contribution in [3.05, 3.63) is 21.3 Å². The van der Waals surface area contributed by atoms with Gasteiger partial charge in [-0.15, -0.1) is 11.3 Å². The van der Waals surface area contributed by atoms with Crippen molar-refractivity contribution in [1.82, 2.24) is 5.32 Å². The Labute approximate surface area is 106 Å². The largest absolute Gasteiger partial charge is 0.383 e. The molecule has 0 bridgehead atoms. The van der Waals surface area contributed by atoms with Crippen molar-refractivity contribution in [2.24, 2.45) is 5.92 Å². The fraction of sp³-hybridized carbons (Fsp3) is 0.667. The lowest BCUT2D eigenvalue weighted by molar-refractivity contribution is 0.152. The van der Waals surface area contributed by atoms with Crippen LogP contribution in [0.25, 0.3) is 0 Å². The first-order chi connectivity index (χ1) is 7.70. The van der Waals surface area contributed by atoms with Gasteiger partial charge in [0, 0.05) is 24.1 Å². The summed E-state index contributed by atoms with van der Waals surface area (Å²) < 4.78 is 6.12. The summed E-state index contributed by atoms with van der Waals surface area (Å²) in [5.41, 5.74) is 0. The molecule has 90 valence electrons. The van der Waals surface area contributed by atoms with E-state index >= 15 is 0 Å². The molecule has 0 spiro atoms. The van der Waals surface area contributed by atoms with Gasteiger partial charge in [0.25, 0.3) is 0 Å².